The predicted octanol–water partition coefficient (Wildman–Crippen LogP) is -0.379. The van der Waals surface area contributed by atoms with Crippen molar-refractivity contribution in [2.45, 2.75) is 26.3 Å². The highest BCUT2D eigenvalue weighted by Crippen LogP contribution is 2.11. The second-order valence-electron chi connectivity index (χ2n) is 3.66. The van der Waals surface area contributed by atoms with E-state index in [2.05, 4.69) is 5.32 Å². The van der Waals surface area contributed by atoms with Gasteiger partial charge in [-0.25, -0.2) is 0 Å². The van der Waals surface area contributed by atoms with Crippen LogP contribution in [0.2, 0.25) is 0 Å². The molecule has 0 radical (unpaired) electrons. The highest BCUT2D eigenvalue weighted by atomic mass is 28.4. The molecule has 0 aliphatic heterocycles. The fraction of sp³-hybridized carbons (Fsp3) is 0.900. The first-order chi connectivity index (χ1) is 8.53. The first kappa shape index (κ1) is 17.5. The van der Waals surface area contributed by atoms with Crippen LogP contribution in [0.1, 0.15) is 20.3 Å². The molecule has 0 rings (SSSR count). The molecule has 1 unspecified atom stereocenters. The summed E-state index contributed by atoms with van der Waals surface area (Å²) in [6.45, 7) is 4.89. The van der Waals surface area contributed by atoms with Crippen LogP contribution in [0.25, 0.3) is 0 Å². The van der Waals surface area contributed by atoms with Gasteiger partial charge >= 0.3 is 9.05 Å². The van der Waals surface area contributed by atoms with Crippen molar-refractivity contribution in [3.63, 3.8) is 0 Å². The normalized spacial score (nSPS) is 13.4. The van der Waals surface area contributed by atoms with E-state index < -0.39 is 15.0 Å². The second-order valence-corrected chi connectivity index (χ2v) is 5.97. The Morgan fingerprint density at radius 2 is 2.00 bits per heavy atom. The predicted molar refractivity (Wildman–Crippen MR) is 68.6 cm³/mol. The average molecular weight is 280 g/mol. The molecule has 0 spiro atoms. The zero-order valence-electron chi connectivity index (χ0n) is 11.5. The minimum Gasteiger partial charge on any atom is -0.452 e. The van der Waals surface area contributed by atoms with Gasteiger partial charge < -0.3 is 28.8 Å². The molecular weight excluding hydrogens is 256 g/mol. The quantitative estimate of drug-likeness (QED) is 0.527. The lowest BCUT2D eigenvalue weighted by Gasteiger charge is -2.26. The van der Waals surface area contributed by atoms with Gasteiger partial charge in [0.2, 0.25) is 0 Å². The summed E-state index contributed by atoms with van der Waals surface area (Å²) in [4.78, 5) is 11.0. The van der Waals surface area contributed by atoms with E-state index in [0.717, 1.165) is 6.42 Å². The summed E-state index contributed by atoms with van der Waals surface area (Å²) >= 11 is 0. The molecule has 0 aliphatic rings. The highest BCUT2D eigenvalue weighted by Gasteiger charge is 2.47. The Hall–Kier alpha value is -0.513. The van der Waals surface area contributed by atoms with Crippen molar-refractivity contribution in [1.29, 1.82) is 0 Å². The number of carbonyl (C=O) groups excluding carboxylic acids is 1. The smallest absolute Gasteiger partial charge is 0.452 e. The van der Waals surface area contributed by atoms with Gasteiger partial charge in [0, 0.05) is 40.3 Å². The fourth-order valence-corrected chi connectivity index (χ4v) is 2.69. The Morgan fingerprint density at radius 1 is 1.39 bits per heavy atom. The molecule has 0 saturated heterocycles. The maximum atomic E-state index is 11.0. The van der Waals surface area contributed by atoms with Gasteiger partial charge in [0.05, 0.1) is 6.61 Å². The van der Waals surface area contributed by atoms with Crippen molar-refractivity contribution < 1.29 is 22.5 Å². The lowest BCUT2D eigenvalue weighted by atomic mass is 10.2. The van der Waals surface area contributed by atoms with Crippen molar-refractivity contribution in [3.05, 3.63) is 0 Å². The van der Waals surface area contributed by atoms with Crippen LogP contribution in [-0.2, 0) is 22.5 Å². The molecule has 108 valence electrons. The first-order valence-corrected chi connectivity index (χ1v) is 7.54. The van der Waals surface area contributed by atoms with Gasteiger partial charge in [0.1, 0.15) is 0 Å². The Morgan fingerprint density at radius 3 is 2.39 bits per heavy atom. The average Bonchev–Trinajstić information content (AvgIpc) is 2.37. The van der Waals surface area contributed by atoms with E-state index in [1.165, 1.54) is 21.1 Å². The van der Waals surface area contributed by atoms with E-state index in [-0.39, 0.29) is 6.04 Å². The maximum Gasteiger partial charge on any atom is 0.751 e. The topological polar surface area (TPSA) is 92.0 Å². The SMILES string of the molecule is CCC(CO[Si](OC)(OC)OC(C)=O)NCCN. The van der Waals surface area contributed by atoms with Crippen molar-refractivity contribution in [3.8, 4) is 0 Å². The number of hydrogen-bond donors (Lipinski definition) is 2. The zero-order valence-corrected chi connectivity index (χ0v) is 12.5. The van der Waals surface area contributed by atoms with Crippen LogP contribution in [0, 0.1) is 0 Å². The molecule has 0 aliphatic carbocycles. The summed E-state index contributed by atoms with van der Waals surface area (Å²) in [7, 11) is -0.554. The molecule has 0 amide bonds. The second kappa shape index (κ2) is 9.42. The van der Waals surface area contributed by atoms with Gasteiger partial charge in [0.15, 0.2) is 0 Å². The molecule has 3 N–H and O–H groups in total. The Bertz CT molecular complexity index is 238. The first-order valence-electron chi connectivity index (χ1n) is 5.90. The Labute approximate surface area is 109 Å². The molecule has 0 aromatic rings. The van der Waals surface area contributed by atoms with Crippen molar-refractivity contribution >= 4 is 15.0 Å². The molecular formula is C10H24N2O5Si. The summed E-state index contributed by atoms with van der Waals surface area (Å²) < 4.78 is 20.7. The minimum absolute atomic E-state index is 0.112. The molecule has 0 aromatic carbocycles. The molecule has 1 atom stereocenters. The van der Waals surface area contributed by atoms with E-state index in [0.29, 0.717) is 19.7 Å². The third kappa shape index (κ3) is 6.43. The Balaban J connectivity index is 4.35. The van der Waals surface area contributed by atoms with E-state index in [9.17, 15) is 4.79 Å². The highest BCUT2D eigenvalue weighted by molar-refractivity contribution is 6.55. The van der Waals surface area contributed by atoms with Gasteiger partial charge in [-0.05, 0) is 6.42 Å². The van der Waals surface area contributed by atoms with Crippen LogP contribution < -0.4 is 11.1 Å². The maximum absolute atomic E-state index is 11.0. The number of nitrogens with one attached hydrogen (secondary N) is 1. The number of rotatable bonds is 10. The third-order valence-electron chi connectivity index (χ3n) is 2.30. The number of nitrogens with two attached hydrogens (primary N) is 1. The molecule has 0 bridgehead atoms. The van der Waals surface area contributed by atoms with Crippen LogP contribution in [0.4, 0.5) is 0 Å². The van der Waals surface area contributed by atoms with E-state index >= 15 is 0 Å². The van der Waals surface area contributed by atoms with Gasteiger partial charge in [-0.15, -0.1) is 0 Å². The van der Waals surface area contributed by atoms with Gasteiger partial charge in [-0.3, -0.25) is 4.79 Å². The number of carbonyl (C=O) groups is 1. The summed E-state index contributed by atoms with van der Waals surface area (Å²) in [5, 5.41) is 3.21. The molecule has 0 fully saturated rings. The lowest BCUT2D eigenvalue weighted by molar-refractivity contribution is -0.141. The lowest BCUT2D eigenvalue weighted by Crippen LogP contribution is -2.51. The van der Waals surface area contributed by atoms with Crippen LogP contribution >= 0.6 is 0 Å². The van der Waals surface area contributed by atoms with Crippen LogP contribution in [0.15, 0.2) is 0 Å². The van der Waals surface area contributed by atoms with E-state index in [1.807, 2.05) is 6.92 Å². The Kier molecular flexibility index (Phi) is 9.15. The summed E-state index contributed by atoms with van der Waals surface area (Å²) in [5.74, 6) is -0.492. The standard InChI is InChI=1S/C10H24N2O5Si/c1-5-10(12-7-6-11)8-16-18(14-3,15-4)17-9(2)13/h10,12H,5-8,11H2,1-4H3. The van der Waals surface area contributed by atoms with Crippen molar-refractivity contribution in [2.75, 3.05) is 33.9 Å². The zero-order chi connectivity index (χ0) is 14.0. The van der Waals surface area contributed by atoms with Gasteiger partial charge in [-0.2, -0.15) is 0 Å². The van der Waals surface area contributed by atoms with E-state index in [1.54, 1.807) is 0 Å². The summed E-state index contributed by atoms with van der Waals surface area (Å²) in [5.41, 5.74) is 5.42. The monoisotopic (exact) mass is 280 g/mol. The summed E-state index contributed by atoms with van der Waals surface area (Å²) in [6.07, 6.45) is 0.859. The van der Waals surface area contributed by atoms with E-state index in [4.69, 9.17) is 23.4 Å². The molecule has 0 saturated carbocycles. The molecule has 8 heteroatoms. The van der Waals surface area contributed by atoms with Crippen molar-refractivity contribution in [1.82, 2.24) is 5.32 Å². The molecule has 0 aromatic heterocycles. The van der Waals surface area contributed by atoms with Crippen molar-refractivity contribution in [2.24, 2.45) is 5.73 Å². The molecule has 0 heterocycles. The molecule has 7 nitrogen and oxygen atoms in total. The fourth-order valence-electron chi connectivity index (χ4n) is 1.30. The van der Waals surface area contributed by atoms with Gasteiger partial charge in [-0.1, -0.05) is 6.92 Å². The summed E-state index contributed by atoms with van der Waals surface area (Å²) in [6, 6.07) is 0.112. The molecule has 18 heavy (non-hydrogen) atoms. The van der Waals surface area contributed by atoms with Crippen LogP contribution in [-0.4, -0.2) is 55.0 Å². The third-order valence-corrected chi connectivity index (χ3v) is 4.36. The number of hydrogen-bond acceptors (Lipinski definition) is 7. The van der Waals surface area contributed by atoms with Crippen LogP contribution in [0.5, 0.6) is 0 Å². The van der Waals surface area contributed by atoms with Crippen LogP contribution in [0.3, 0.4) is 0 Å². The largest absolute Gasteiger partial charge is 0.751 e. The van der Waals surface area contributed by atoms with Gasteiger partial charge in [0.25, 0.3) is 5.97 Å². The minimum atomic E-state index is -3.35.